The van der Waals surface area contributed by atoms with E-state index >= 15 is 0 Å². The van der Waals surface area contributed by atoms with E-state index in [1.54, 1.807) is 36.9 Å². The van der Waals surface area contributed by atoms with E-state index in [9.17, 15) is 4.79 Å². The van der Waals surface area contributed by atoms with Gasteiger partial charge in [-0.25, -0.2) is 0 Å². The van der Waals surface area contributed by atoms with E-state index in [1.165, 1.54) is 0 Å². The molecule has 3 nitrogen and oxygen atoms in total. The first-order valence-electron chi connectivity index (χ1n) is 4.48. The average molecular weight is 345 g/mol. The van der Waals surface area contributed by atoms with Gasteiger partial charge in [0.25, 0.3) is 0 Å². The first kappa shape index (κ1) is 11.5. The van der Waals surface area contributed by atoms with Crippen molar-refractivity contribution in [3.8, 4) is 5.75 Å². The zero-order valence-electron chi connectivity index (χ0n) is 8.44. The van der Waals surface area contributed by atoms with Crippen LogP contribution < -0.4 is 4.74 Å². The van der Waals surface area contributed by atoms with Crippen molar-refractivity contribution >= 4 is 39.7 Å². The highest BCUT2D eigenvalue weighted by Gasteiger charge is 2.11. The van der Waals surface area contributed by atoms with Crippen molar-refractivity contribution in [2.75, 3.05) is 7.11 Å². The van der Waals surface area contributed by atoms with Gasteiger partial charge < -0.3 is 4.74 Å². The molecule has 0 spiro atoms. The van der Waals surface area contributed by atoms with Crippen LogP contribution in [0.25, 0.3) is 0 Å². The van der Waals surface area contributed by atoms with Crippen LogP contribution in [0.15, 0.2) is 29.9 Å². The summed E-state index contributed by atoms with van der Waals surface area (Å²) in [5.74, 6) is 0.571. The lowest BCUT2D eigenvalue weighted by Crippen LogP contribution is -2.00. The van der Waals surface area contributed by atoms with Gasteiger partial charge in [0.2, 0.25) is 0 Å². The molecular weight excluding hydrogens is 337 g/mol. The third kappa shape index (κ3) is 2.41. The van der Waals surface area contributed by atoms with Crippen molar-refractivity contribution in [2.24, 2.45) is 0 Å². The predicted octanol–water partition coefficient (Wildman–Crippen LogP) is 2.99. The molecule has 0 radical (unpaired) electrons. The summed E-state index contributed by atoms with van der Waals surface area (Å²) in [6.07, 6.45) is 3.13. The smallest absolute Gasteiger partial charge is 0.195 e. The Bertz CT molecular complexity index is 524. The second-order valence-electron chi connectivity index (χ2n) is 3.08. The summed E-state index contributed by atoms with van der Waals surface area (Å²) >= 11 is 3.74. The summed E-state index contributed by atoms with van der Waals surface area (Å²) < 4.78 is 6.13. The Hall–Kier alpha value is -0.950. The second-order valence-corrected chi connectivity index (χ2v) is 5.89. The SMILES string of the molecule is COc1cncc(C(=O)c2csc(I)c2)c1. The minimum absolute atomic E-state index is 0.0226. The largest absolute Gasteiger partial charge is 0.495 e. The Labute approximate surface area is 111 Å². The van der Waals surface area contributed by atoms with Gasteiger partial charge in [0.15, 0.2) is 5.78 Å². The lowest BCUT2D eigenvalue weighted by atomic mass is 10.1. The van der Waals surface area contributed by atoms with E-state index in [1.807, 2.05) is 11.4 Å². The minimum Gasteiger partial charge on any atom is -0.495 e. The lowest BCUT2D eigenvalue weighted by Gasteiger charge is -2.01. The van der Waals surface area contributed by atoms with Gasteiger partial charge in [-0.1, -0.05) is 0 Å². The molecule has 0 atom stereocenters. The quantitative estimate of drug-likeness (QED) is 0.634. The fourth-order valence-electron chi connectivity index (χ4n) is 1.25. The Morgan fingerprint density at radius 2 is 2.19 bits per heavy atom. The monoisotopic (exact) mass is 345 g/mol. The molecule has 0 saturated heterocycles. The molecule has 16 heavy (non-hydrogen) atoms. The Morgan fingerprint density at radius 1 is 1.38 bits per heavy atom. The van der Waals surface area contributed by atoms with Crippen LogP contribution >= 0.6 is 33.9 Å². The number of hydrogen-bond donors (Lipinski definition) is 0. The number of rotatable bonds is 3. The van der Waals surface area contributed by atoms with Crippen molar-refractivity contribution < 1.29 is 9.53 Å². The Morgan fingerprint density at radius 3 is 2.81 bits per heavy atom. The molecule has 0 saturated carbocycles. The van der Waals surface area contributed by atoms with Crippen LogP contribution in [-0.4, -0.2) is 17.9 Å². The Balaban J connectivity index is 2.33. The summed E-state index contributed by atoms with van der Waals surface area (Å²) in [6, 6.07) is 3.56. The number of hydrogen-bond acceptors (Lipinski definition) is 4. The van der Waals surface area contributed by atoms with Crippen molar-refractivity contribution in [2.45, 2.75) is 0 Å². The van der Waals surface area contributed by atoms with Gasteiger partial charge in [0, 0.05) is 22.7 Å². The number of methoxy groups -OCH3 is 1. The summed E-state index contributed by atoms with van der Waals surface area (Å²) in [4.78, 5) is 16.0. The first-order valence-corrected chi connectivity index (χ1v) is 6.44. The van der Waals surface area contributed by atoms with E-state index in [4.69, 9.17) is 4.74 Å². The number of pyridine rings is 1. The van der Waals surface area contributed by atoms with Crippen molar-refractivity contribution in [1.29, 1.82) is 0 Å². The fraction of sp³-hybridized carbons (Fsp3) is 0.0909. The maximum absolute atomic E-state index is 12.0. The van der Waals surface area contributed by atoms with Crippen LogP contribution in [-0.2, 0) is 0 Å². The van der Waals surface area contributed by atoms with Crippen molar-refractivity contribution in [3.05, 3.63) is 43.9 Å². The van der Waals surface area contributed by atoms with Gasteiger partial charge in [0.05, 0.1) is 16.2 Å². The maximum Gasteiger partial charge on any atom is 0.195 e. The van der Waals surface area contributed by atoms with Crippen LogP contribution in [0.3, 0.4) is 0 Å². The van der Waals surface area contributed by atoms with Gasteiger partial charge in [-0.3, -0.25) is 9.78 Å². The van der Waals surface area contributed by atoms with E-state index in [2.05, 4.69) is 27.6 Å². The number of carbonyl (C=O) groups excluding carboxylic acids is 1. The summed E-state index contributed by atoms with van der Waals surface area (Å²) in [6.45, 7) is 0. The number of aromatic nitrogens is 1. The topological polar surface area (TPSA) is 39.2 Å². The molecule has 2 heterocycles. The van der Waals surface area contributed by atoms with E-state index in [0.717, 1.165) is 2.88 Å². The van der Waals surface area contributed by atoms with Crippen LogP contribution in [0.2, 0.25) is 0 Å². The van der Waals surface area contributed by atoms with E-state index < -0.39 is 0 Å². The van der Waals surface area contributed by atoms with Crippen molar-refractivity contribution in [3.63, 3.8) is 0 Å². The molecule has 2 rings (SSSR count). The van der Waals surface area contributed by atoms with Crippen LogP contribution in [0.4, 0.5) is 0 Å². The molecular formula is C11H8INO2S. The van der Waals surface area contributed by atoms with Gasteiger partial charge in [-0.05, 0) is 34.7 Å². The highest BCUT2D eigenvalue weighted by atomic mass is 127. The molecule has 0 aliphatic rings. The van der Waals surface area contributed by atoms with Gasteiger partial charge in [0.1, 0.15) is 5.75 Å². The highest BCUT2D eigenvalue weighted by molar-refractivity contribution is 14.1. The van der Waals surface area contributed by atoms with Crippen LogP contribution in [0.1, 0.15) is 15.9 Å². The van der Waals surface area contributed by atoms with E-state index in [0.29, 0.717) is 16.9 Å². The number of carbonyl (C=O) groups is 1. The number of ketones is 1. The number of halogens is 1. The molecule has 0 N–H and O–H groups in total. The van der Waals surface area contributed by atoms with Crippen molar-refractivity contribution in [1.82, 2.24) is 4.98 Å². The molecule has 0 unspecified atom stereocenters. The summed E-state index contributed by atoms with van der Waals surface area (Å²) in [7, 11) is 1.55. The molecule has 5 heteroatoms. The predicted molar refractivity (Wildman–Crippen MR) is 71.3 cm³/mol. The van der Waals surface area contributed by atoms with E-state index in [-0.39, 0.29) is 5.78 Å². The molecule has 0 aliphatic heterocycles. The number of ether oxygens (including phenoxy) is 1. The number of thiophene rings is 1. The standard InChI is InChI=1S/C11H8INO2S/c1-15-9-2-7(4-13-5-9)11(14)8-3-10(12)16-6-8/h2-6H,1H3. The molecule has 2 aromatic rings. The normalized spacial score (nSPS) is 10.1. The van der Waals surface area contributed by atoms with Crippen LogP contribution in [0, 0.1) is 2.88 Å². The molecule has 0 aromatic carbocycles. The van der Waals surface area contributed by atoms with Gasteiger partial charge in [-0.2, -0.15) is 0 Å². The molecule has 2 aromatic heterocycles. The van der Waals surface area contributed by atoms with Crippen LogP contribution in [0.5, 0.6) is 5.75 Å². The molecule has 0 aliphatic carbocycles. The highest BCUT2D eigenvalue weighted by Crippen LogP contribution is 2.20. The zero-order chi connectivity index (χ0) is 11.5. The zero-order valence-corrected chi connectivity index (χ0v) is 11.4. The third-order valence-electron chi connectivity index (χ3n) is 2.04. The van der Waals surface area contributed by atoms with Gasteiger partial charge in [-0.15, -0.1) is 11.3 Å². The first-order chi connectivity index (χ1) is 7.70. The summed E-state index contributed by atoms with van der Waals surface area (Å²) in [5, 5.41) is 1.85. The third-order valence-corrected chi connectivity index (χ3v) is 3.83. The maximum atomic E-state index is 12.0. The average Bonchev–Trinajstić information content (AvgIpc) is 2.75. The lowest BCUT2D eigenvalue weighted by molar-refractivity contribution is 0.103. The Kier molecular flexibility index (Phi) is 3.55. The summed E-state index contributed by atoms with van der Waals surface area (Å²) in [5.41, 5.74) is 1.25. The molecule has 0 bridgehead atoms. The molecule has 0 fully saturated rings. The molecule has 0 amide bonds. The molecule has 82 valence electrons. The second kappa shape index (κ2) is 4.92. The minimum atomic E-state index is -0.0226. The fourth-order valence-corrected chi connectivity index (χ4v) is 2.58. The number of nitrogens with zero attached hydrogens (tertiary/aromatic N) is 1. The van der Waals surface area contributed by atoms with Gasteiger partial charge >= 0.3 is 0 Å².